The third-order valence-electron chi connectivity index (χ3n) is 5.87. The van der Waals surface area contributed by atoms with Gasteiger partial charge in [-0.3, -0.25) is 0 Å². The van der Waals surface area contributed by atoms with Gasteiger partial charge in [-0.2, -0.15) is 66.9 Å². The van der Waals surface area contributed by atoms with Crippen molar-refractivity contribution in [3.63, 3.8) is 0 Å². The first kappa shape index (κ1) is 29.4. The summed E-state index contributed by atoms with van der Waals surface area (Å²) < 4.78 is 10.3. The lowest BCUT2D eigenvalue weighted by Gasteiger charge is -2.00. The molecule has 0 saturated carbocycles. The van der Waals surface area contributed by atoms with E-state index in [4.69, 9.17) is 14.7 Å². The number of benzene rings is 4. The largest absolute Gasteiger partial charge is 0.497 e. The summed E-state index contributed by atoms with van der Waals surface area (Å²) in [5, 5.41) is 49.8. The van der Waals surface area contributed by atoms with Gasteiger partial charge in [-0.25, -0.2) is 0 Å². The molecule has 0 fully saturated rings. The molecule has 0 aliphatic rings. The predicted molar refractivity (Wildman–Crippen MR) is 165 cm³/mol. The van der Waals surface area contributed by atoms with Crippen LogP contribution in [0, 0.1) is 11.3 Å². The molecule has 8 rings (SSSR count). The lowest BCUT2D eigenvalue weighted by Crippen LogP contribution is -1.90. The highest BCUT2D eigenvalue weighted by Gasteiger charge is 2.00. The minimum Gasteiger partial charge on any atom is -0.497 e. The van der Waals surface area contributed by atoms with Crippen molar-refractivity contribution < 1.29 is 9.47 Å². The van der Waals surface area contributed by atoms with Crippen molar-refractivity contribution in [2.24, 2.45) is 0 Å². The summed E-state index contributed by atoms with van der Waals surface area (Å²) in [5.74, 6) is 1.63. The number of rotatable bonds is 3. The lowest BCUT2D eigenvalue weighted by molar-refractivity contribution is 0.340. The molecular formula is C28H25N13O2S. The molecule has 44 heavy (non-hydrogen) atoms. The fourth-order valence-electron chi connectivity index (χ4n) is 3.76. The molecular weight excluding hydrogens is 582 g/mol. The number of H-pyrrole nitrogens is 4. The van der Waals surface area contributed by atoms with Gasteiger partial charge in [-0.1, -0.05) is 0 Å². The smallest absolute Gasteiger partial charge is 0.121 e. The van der Waals surface area contributed by atoms with Crippen molar-refractivity contribution in [3.05, 3.63) is 78.4 Å². The third kappa shape index (κ3) is 7.40. The summed E-state index contributed by atoms with van der Waals surface area (Å²) in [6.45, 7) is 2.62. The van der Waals surface area contributed by atoms with Crippen LogP contribution in [0.2, 0.25) is 0 Å². The minimum atomic E-state index is 0.603. The Bertz CT molecular complexity index is 2140. The highest BCUT2D eigenvalue weighted by molar-refractivity contribution is 7.80. The Hall–Kier alpha value is -6.08. The zero-order valence-electron chi connectivity index (χ0n) is 23.4. The van der Waals surface area contributed by atoms with Gasteiger partial charge in [-0.15, -0.1) is 12.6 Å². The summed E-state index contributed by atoms with van der Waals surface area (Å²) in [4.78, 5) is 0.904. The maximum absolute atomic E-state index is 8.53. The predicted octanol–water partition coefficient (Wildman–Crippen LogP) is 4.40. The molecule has 4 heterocycles. The van der Waals surface area contributed by atoms with Crippen molar-refractivity contribution in [2.45, 2.75) is 11.8 Å². The maximum atomic E-state index is 8.53. The first-order valence-corrected chi connectivity index (χ1v) is 13.5. The molecule has 0 aliphatic carbocycles. The van der Waals surface area contributed by atoms with Gasteiger partial charge in [0, 0.05) is 17.0 Å². The molecule has 8 aromatic rings. The average molecular weight is 608 g/mol. The van der Waals surface area contributed by atoms with E-state index in [9.17, 15) is 0 Å². The molecule has 0 spiro atoms. The van der Waals surface area contributed by atoms with Crippen LogP contribution < -0.4 is 9.47 Å². The maximum Gasteiger partial charge on any atom is 0.121 e. The van der Waals surface area contributed by atoms with Crippen molar-refractivity contribution in [2.75, 3.05) is 13.7 Å². The molecule has 0 amide bonds. The fourth-order valence-corrected chi connectivity index (χ4v) is 3.96. The molecule has 0 atom stereocenters. The number of fused-ring (bicyclic) bond motifs is 4. The Morgan fingerprint density at radius 1 is 0.591 bits per heavy atom. The molecule has 16 heteroatoms. The number of thiol groups is 1. The molecule has 15 nitrogen and oxygen atoms in total. The Labute approximate surface area is 254 Å². The highest BCUT2D eigenvalue weighted by Crippen LogP contribution is 2.17. The number of hydrogen-bond donors (Lipinski definition) is 5. The Kier molecular flexibility index (Phi) is 9.49. The second-order valence-corrected chi connectivity index (χ2v) is 9.24. The van der Waals surface area contributed by atoms with Crippen LogP contribution in [0.15, 0.2) is 77.7 Å². The molecule has 220 valence electrons. The molecule has 0 bridgehead atoms. The molecule has 4 N–H and O–H groups in total. The average Bonchev–Trinajstić information content (AvgIpc) is 3.88. The van der Waals surface area contributed by atoms with Crippen LogP contribution in [-0.4, -0.2) is 75.4 Å². The van der Waals surface area contributed by atoms with Crippen LogP contribution in [0.5, 0.6) is 11.5 Å². The lowest BCUT2D eigenvalue weighted by atomic mass is 10.2. The molecule has 0 radical (unpaired) electrons. The van der Waals surface area contributed by atoms with Gasteiger partial charge in [0.15, 0.2) is 0 Å². The van der Waals surface area contributed by atoms with Gasteiger partial charge in [0.25, 0.3) is 0 Å². The molecule has 0 aliphatic heterocycles. The Balaban J connectivity index is 0.000000117. The van der Waals surface area contributed by atoms with Crippen LogP contribution in [0.25, 0.3) is 44.1 Å². The number of ether oxygens (including phenoxy) is 2. The standard InChI is InChI=1S/C8H9N3O.C7H4N4.C7H7N3O.C6H5N3S/c1-2-12-6-3-4-7-8(5-6)10-11-9-7;8-4-5-1-2-6-7(3-5)10-11-9-6;1-11-5-2-3-6-7(4-5)9-10-8-6;10-4-1-2-5-6(3-4)8-9-7-5/h3-5H,2H2,1H3,(H,9,10,11);1-3H,(H,9,10,11);2-4H,1H3,(H,8,9,10);1-3,10H,(H,7,8,9). The number of nitrogens with zero attached hydrogens (tertiary/aromatic N) is 9. The van der Waals surface area contributed by atoms with Gasteiger partial charge >= 0.3 is 0 Å². The van der Waals surface area contributed by atoms with Crippen LogP contribution >= 0.6 is 12.6 Å². The van der Waals surface area contributed by atoms with E-state index in [1.54, 1.807) is 25.3 Å². The van der Waals surface area contributed by atoms with Crippen LogP contribution in [0.3, 0.4) is 0 Å². The number of nitrogens with one attached hydrogen (secondary N) is 4. The molecule has 4 aromatic carbocycles. The van der Waals surface area contributed by atoms with E-state index in [-0.39, 0.29) is 0 Å². The van der Waals surface area contributed by atoms with Gasteiger partial charge in [0.1, 0.15) is 55.6 Å². The van der Waals surface area contributed by atoms with E-state index in [2.05, 4.69) is 74.3 Å². The number of hydrogen-bond acceptors (Lipinski definition) is 12. The number of aromatic nitrogens is 12. The van der Waals surface area contributed by atoms with E-state index in [0.29, 0.717) is 12.2 Å². The zero-order valence-corrected chi connectivity index (χ0v) is 24.3. The van der Waals surface area contributed by atoms with Gasteiger partial charge in [0.2, 0.25) is 0 Å². The molecule has 0 saturated heterocycles. The van der Waals surface area contributed by atoms with E-state index >= 15 is 0 Å². The second kappa shape index (κ2) is 14.2. The summed E-state index contributed by atoms with van der Waals surface area (Å²) >= 11 is 4.15. The summed E-state index contributed by atoms with van der Waals surface area (Å²) in [6.07, 6.45) is 0. The summed E-state index contributed by atoms with van der Waals surface area (Å²) in [6, 6.07) is 24.0. The van der Waals surface area contributed by atoms with Gasteiger partial charge in [-0.05, 0) is 67.6 Å². The third-order valence-corrected chi connectivity index (χ3v) is 6.15. The normalized spacial score (nSPS) is 10.2. The minimum absolute atomic E-state index is 0.603. The molecule has 4 aromatic heterocycles. The van der Waals surface area contributed by atoms with Crippen molar-refractivity contribution in [1.29, 1.82) is 5.26 Å². The second-order valence-electron chi connectivity index (χ2n) is 8.72. The quantitative estimate of drug-likeness (QED) is 0.178. The first-order valence-electron chi connectivity index (χ1n) is 13.0. The van der Waals surface area contributed by atoms with Gasteiger partial charge in [0.05, 0.1) is 25.3 Å². The van der Waals surface area contributed by atoms with E-state index in [0.717, 1.165) is 60.5 Å². The van der Waals surface area contributed by atoms with Crippen molar-refractivity contribution in [3.8, 4) is 17.6 Å². The monoisotopic (exact) mass is 607 g/mol. The number of nitriles is 1. The van der Waals surface area contributed by atoms with E-state index < -0.39 is 0 Å². The van der Waals surface area contributed by atoms with E-state index in [1.165, 1.54) is 0 Å². The topological polar surface area (TPSA) is 209 Å². The van der Waals surface area contributed by atoms with E-state index in [1.807, 2.05) is 67.6 Å². The number of methoxy groups -OCH3 is 1. The molecule has 0 unspecified atom stereocenters. The summed E-state index contributed by atoms with van der Waals surface area (Å²) in [7, 11) is 1.63. The van der Waals surface area contributed by atoms with Crippen molar-refractivity contribution in [1.82, 2.24) is 61.6 Å². The Morgan fingerprint density at radius 2 is 1.02 bits per heavy atom. The van der Waals surface area contributed by atoms with Crippen molar-refractivity contribution >= 4 is 56.8 Å². The highest BCUT2D eigenvalue weighted by atomic mass is 32.1. The van der Waals surface area contributed by atoms with Crippen LogP contribution in [-0.2, 0) is 0 Å². The first-order chi connectivity index (χ1) is 21.6. The SMILES string of the molecule is CCOc1ccc2n[nH]nc2c1.COc1ccc2n[nH]nc2c1.N#Cc1ccc2n[nH]nc2c1.Sc1ccc2n[nH]nc2c1. The van der Waals surface area contributed by atoms with Gasteiger partial charge < -0.3 is 9.47 Å². The number of aromatic amines is 4. The van der Waals surface area contributed by atoms with Crippen LogP contribution in [0.1, 0.15) is 12.5 Å². The summed E-state index contributed by atoms with van der Waals surface area (Å²) in [5.41, 5.74) is 7.21. The fraction of sp³-hybridized carbons (Fsp3) is 0.107. The Morgan fingerprint density at radius 3 is 1.55 bits per heavy atom. The van der Waals surface area contributed by atoms with Crippen LogP contribution in [0.4, 0.5) is 0 Å². The zero-order chi connectivity index (χ0) is 30.7.